The molecule has 4 aromatic carbocycles. The van der Waals surface area contributed by atoms with Crippen molar-refractivity contribution in [3.05, 3.63) is 202 Å². The van der Waals surface area contributed by atoms with Gasteiger partial charge in [-0.3, -0.25) is 20.0 Å². The van der Waals surface area contributed by atoms with E-state index in [1.807, 2.05) is 29.0 Å². The number of pyridine rings is 2. The van der Waals surface area contributed by atoms with E-state index < -0.39 is 68.2 Å². The number of hydroxylamine groups is 2. The Labute approximate surface area is 371 Å². The van der Waals surface area contributed by atoms with Crippen molar-refractivity contribution in [3.63, 3.8) is 0 Å². The van der Waals surface area contributed by atoms with Gasteiger partial charge in [0.05, 0.1) is 11.5 Å². The molecule has 0 bridgehead atoms. The number of amides is 1. The van der Waals surface area contributed by atoms with Gasteiger partial charge in [-0.25, -0.2) is 21.6 Å². The van der Waals surface area contributed by atoms with Crippen LogP contribution in [0.3, 0.4) is 0 Å². The van der Waals surface area contributed by atoms with Gasteiger partial charge in [0, 0.05) is 52.8 Å². The summed E-state index contributed by atoms with van der Waals surface area (Å²) in [5.74, 6) is -4.71. The van der Waals surface area contributed by atoms with Crippen molar-refractivity contribution < 1.29 is 36.7 Å². The van der Waals surface area contributed by atoms with Gasteiger partial charge in [0.2, 0.25) is 20.0 Å². The highest BCUT2D eigenvalue weighted by Gasteiger charge is 2.59. The van der Waals surface area contributed by atoms with E-state index in [0.29, 0.717) is 21.0 Å². The van der Waals surface area contributed by atoms with Gasteiger partial charge in [-0.1, -0.05) is 84.9 Å². The minimum absolute atomic E-state index is 0.0698. The van der Waals surface area contributed by atoms with Crippen LogP contribution in [0.1, 0.15) is 39.4 Å². The number of fused-ring (bicyclic) bond motifs is 2. The largest absolute Gasteiger partial charge is 0.478 e. The van der Waals surface area contributed by atoms with E-state index in [2.05, 4.69) is 9.97 Å². The van der Waals surface area contributed by atoms with E-state index in [4.69, 9.17) is 0 Å². The van der Waals surface area contributed by atoms with E-state index in [1.165, 1.54) is 89.9 Å². The lowest BCUT2D eigenvalue weighted by molar-refractivity contribution is -0.231. The molecule has 4 aromatic heterocycles. The van der Waals surface area contributed by atoms with Gasteiger partial charge in [0.25, 0.3) is 11.6 Å². The number of benzene rings is 4. The minimum atomic E-state index is -4.86. The standard InChI is InChI=1S/C46H39N5O8S4/c52-44(43(37-11-3-1-4-12-37)49(29-35-9-7-21-47-27-35)62(56,57)31-33-15-17-41-38(25-33)19-23-60-41)51(55)46(45(53)54,40-13-5-2-6-14-40)50(30-36-10-8-22-48-28-36)63(58,59)32-34-16-18-42-39(26-34)20-24-61-42/h1-28,43,55H,29-32H2,(H,53,54)/t43-,46-/m0/s1. The second-order valence-corrected chi connectivity index (χ2v) is 20.4. The molecule has 2 atom stereocenters. The van der Waals surface area contributed by atoms with Crippen LogP contribution in [0, 0.1) is 0 Å². The van der Waals surface area contributed by atoms with Crippen molar-refractivity contribution >= 4 is 74.8 Å². The van der Waals surface area contributed by atoms with Crippen LogP contribution < -0.4 is 0 Å². The molecule has 0 saturated carbocycles. The topological polar surface area (TPSA) is 178 Å². The fourth-order valence-electron chi connectivity index (χ4n) is 7.59. The van der Waals surface area contributed by atoms with Gasteiger partial charge in [0.1, 0.15) is 6.04 Å². The third-order valence-corrected chi connectivity index (χ3v) is 15.8. The predicted octanol–water partition coefficient (Wildman–Crippen LogP) is 8.17. The van der Waals surface area contributed by atoms with E-state index in [1.54, 1.807) is 72.8 Å². The summed E-state index contributed by atoms with van der Waals surface area (Å²) in [7, 11) is -9.43. The van der Waals surface area contributed by atoms with Crippen molar-refractivity contribution in [2.24, 2.45) is 0 Å². The first kappa shape index (κ1) is 43.5. The number of carbonyl (C=O) groups excluding carboxylic acids is 1. The van der Waals surface area contributed by atoms with E-state index in [9.17, 15) is 15.1 Å². The van der Waals surface area contributed by atoms with E-state index in [-0.39, 0.29) is 21.8 Å². The molecule has 13 nitrogen and oxygen atoms in total. The molecule has 4 heterocycles. The molecule has 0 unspecified atom stereocenters. The molecule has 0 spiro atoms. The maximum atomic E-state index is 15.7. The molecule has 1 amide bonds. The van der Waals surface area contributed by atoms with E-state index in [0.717, 1.165) is 24.5 Å². The van der Waals surface area contributed by atoms with Crippen LogP contribution in [-0.4, -0.2) is 62.7 Å². The quantitative estimate of drug-likeness (QED) is 0.0515. The summed E-state index contributed by atoms with van der Waals surface area (Å²) in [5.41, 5.74) is -2.14. The van der Waals surface area contributed by atoms with Crippen LogP contribution in [0.4, 0.5) is 0 Å². The number of sulfonamides is 2. The summed E-state index contributed by atoms with van der Waals surface area (Å²) in [6.07, 6.45) is 5.75. The van der Waals surface area contributed by atoms with Crippen LogP contribution >= 0.6 is 22.7 Å². The Morgan fingerprint density at radius 3 is 1.67 bits per heavy atom. The first-order valence-electron chi connectivity index (χ1n) is 19.4. The molecule has 0 aliphatic heterocycles. The minimum Gasteiger partial charge on any atom is -0.478 e. The lowest BCUT2D eigenvalue weighted by Gasteiger charge is -2.45. The Hall–Kier alpha value is -6.18. The second-order valence-electron chi connectivity index (χ2n) is 14.7. The number of carbonyl (C=O) groups is 2. The first-order chi connectivity index (χ1) is 30.4. The summed E-state index contributed by atoms with van der Waals surface area (Å²) < 4.78 is 63.7. The number of carboxylic acid groups (broad SMARTS) is 1. The number of nitrogens with zero attached hydrogens (tertiary/aromatic N) is 5. The fourth-order valence-corrected chi connectivity index (χ4v) is 12.5. The molecule has 320 valence electrons. The number of aliphatic carboxylic acids is 1. The molecular weight excluding hydrogens is 879 g/mol. The van der Waals surface area contributed by atoms with Gasteiger partial charge in [0.15, 0.2) is 0 Å². The predicted molar refractivity (Wildman–Crippen MR) is 242 cm³/mol. The van der Waals surface area contributed by atoms with Crippen molar-refractivity contribution in [1.82, 2.24) is 23.6 Å². The SMILES string of the molecule is O=C([C@H](c1ccccc1)N(Cc1cccnc1)S(=O)(=O)Cc1ccc2sccc2c1)N(O)[C@](C(=O)O)(c1ccccc1)N(Cc1cccnc1)S(=O)(=O)Cc1ccc2sccc2c1. The molecule has 8 rings (SSSR count). The Balaban J connectivity index is 1.32. The van der Waals surface area contributed by atoms with Crippen LogP contribution in [0.25, 0.3) is 20.2 Å². The number of hydrogen-bond donors (Lipinski definition) is 2. The van der Waals surface area contributed by atoms with Crippen LogP contribution in [0.2, 0.25) is 0 Å². The molecule has 0 aliphatic rings. The number of carboxylic acids is 1. The number of thiophene rings is 2. The lowest BCUT2D eigenvalue weighted by Crippen LogP contribution is -2.66. The summed E-state index contributed by atoms with van der Waals surface area (Å²) in [5, 5.41) is 29.6. The Morgan fingerprint density at radius 2 is 1.14 bits per heavy atom. The van der Waals surface area contributed by atoms with Crippen molar-refractivity contribution in [1.29, 1.82) is 0 Å². The normalized spacial score (nSPS) is 13.6. The fraction of sp³-hybridized carbons (Fsp3) is 0.130. The second kappa shape index (κ2) is 18.3. The van der Waals surface area contributed by atoms with Crippen LogP contribution in [-0.2, 0) is 59.9 Å². The number of rotatable bonds is 17. The van der Waals surface area contributed by atoms with Gasteiger partial charge in [-0.2, -0.15) is 13.7 Å². The molecule has 0 radical (unpaired) electrons. The number of hydrogen-bond acceptors (Lipinski definition) is 11. The van der Waals surface area contributed by atoms with Crippen LogP contribution in [0.15, 0.2) is 169 Å². The molecular formula is C46H39N5O8S4. The Morgan fingerprint density at radius 1 is 0.619 bits per heavy atom. The summed E-state index contributed by atoms with van der Waals surface area (Å²) >= 11 is 2.97. The molecule has 63 heavy (non-hydrogen) atoms. The van der Waals surface area contributed by atoms with Crippen molar-refractivity contribution in [3.8, 4) is 0 Å². The molecule has 17 heteroatoms. The average molecular weight is 918 g/mol. The van der Waals surface area contributed by atoms with Gasteiger partial charge in [-0.15, -0.1) is 22.7 Å². The zero-order valence-electron chi connectivity index (χ0n) is 33.3. The maximum absolute atomic E-state index is 15.7. The van der Waals surface area contributed by atoms with Crippen molar-refractivity contribution in [2.45, 2.75) is 36.3 Å². The molecule has 8 aromatic rings. The first-order valence-corrected chi connectivity index (χ1v) is 24.4. The zero-order chi connectivity index (χ0) is 44.2. The third kappa shape index (κ3) is 9.03. The third-order valence-electron chi connectivity index (χ3n) is 10.5. The number of aromatic nitrogens is 2. The molecule has 0 saturated heterocycles. The summed E-state index contributed by atoms with van der Waals surface area (Å²) in [6.45, 7) is -1.12. The monoisotopic (exact) mass is 917 g/mol. The highest BCUT2D eigenvalue weighted by molar-refractivity contribution is 7.88. The Kier molecular flexibility index (Phi) is 12.6. The summed E-state index contributed by atoms with van der Waals surface area (Å²) in [6, 6.07) is 33.1. The lowest BCUT2D eigenvalue weighted by atomic mass is 9.96. The van der Waals surface area contributed by atoms with Gasteiger partial charge >= 0.3 is 5.97 Å². The zero-order valence-corrected chi connectivity index (χ0v) is 36.6. The van der Waals surface area contributed by atoms with Gasteiger partial charge in [-0.05, 0) is 97.9 Å². The van der Waals surface area contributed by atoms with Gasteiger partial charge < -0.3 is 5.11 Å². The average Bonchev–Trinajstić information content (AvgIpc) is 3.96. The molecule has 0 aliphatic carbocycles. The Bertz CT molecular complexity index is 3100. The highest BCUT2D eigenvalue weighted by atomic mass is 32.2. The maximum Gasteiger partial charge on any atom is 0.353 e. The molecule has 0 fully saturated rings. The highest BCUT2D eigenvalue weighted by Crippen LogP contribution is 2.41. The van der Waals surface area contributed by atoms with Crippen LogP contribution in [0.5, 0.6) is 0 Å². The smallest absolute Gasteiger partial charge is 0.353 e. The van der Waals surface area contributed by atoms with E-state index >= 15 is 21.6 Å². The molecule has 2 N–H and O–H groups in total. The van der Waals surface area contributed by atoms with Crippen molar-refractivity contribution in [2.75, 3.05) is 0 Å². The summed E-state index contributed by atoms with van der Waals surface area (Å²) in [4.78, 5) is 38.3.